The van der Waals surface area contributed by atoms with Gasteiger partial charge in [0.05, 0.1) is 15.6 Å². The van der Waals surface area contributed by atoms with Crippen LogP contribution in [-0.2, 0) is 4.79 Å². The van der Waals surface area contributed by atoms with Crippen molar-refractivity contribution in [1.29, 1.82) is 0 Å². The summed E-state index contributed by atoms with van der Waals surface area (Å²) in [5.41, 5.74) is 4.92. The molecule has 0 spiro atoms. The number of nitro groups is 1. The molecular formula is C12H15N3O4S. The summed E-state index contributed by atoms with van der Waals surface area (Å²) in [6.45, 7) is 2.50. The highest BCUT2D eigenvalue weighted by Gasteiger charge is 2.17. The maximum atomic E-state index is 11.5. The molecule has 0 radical (unpaired) electrons. The number of nitrogens with one attached hydrogen (secondary N) is 1. The number of hydrogen-bond donors (Lipinski definition) is 2. The summed E-state index contributed by atoms with van der Waals surface area (Å²) in [7, 11) is 0. The first-order valence-electron chi connectivity index (χ1n) is 5.93. The van der Waals surface area contributed by atoms with Crippen molar-refractivity contribution in [2.24, 2.45) is 5.73 Å². The van der Waals surface area contributed by atoms with Gasteiger partial charge in [-0.2, -0.15) is 0 Å². The maximum Gasteiger partial charge on any atom is 0.283 e. The lowest BCUT2D eigenvalue weighted by Gasteiger charge is -2.05. The van der Waals surface area contributed by atoms with Gasteiger partial charge >= 0.3 is 0 Å². The van der Waals surface area contributed by atoms with Gasteiger partial charge in [0, 0.05) is 18.2 Å². The fourth-order valence-electron chi connectivity index (χ4n) is 1.39. The average molecular weight is 297 g/mol. The molecule has 0 bridgehead atoms. The number of thioether (sulfide) groups is 1. The molecule has 0 aliphatic heterocycles. The van der Waals surface area contributed by atoms with E-state index >= 15 is 0 Å². The van der Waals surface area contributed by atoms with Crippen molar-refractivity contribution in [2.45, 2.75) is 18.2 Å². The molecule has 0 atom stereocenters. The van der Waals surface area contributed by atoms with E-state index < -0.39 is 10.8 Å². The van der Waals surface area contributed by atoms with Crippen molar-refractivity contribution in [1.82, 2.24) is 5.32 Å². The summed E-state index contributed by atoms with van der Waals surface area (Å²) in [6.07, 6.45) is 0.823. The number of amides is 2. The average Bonchev–Trinajstić information content (AvgIpc) is 2.42. The van der Waals surface area contributed by atoms with Crippen LogP contribution in [0.15, 0.2) is 23.1 Å². The quantitative estimate of drug-likeness (QED) is 0.447. The molecule has 1 rings (SSSR count). The standard InChI is InChI=1S/C12H15N3O4S/c1-2-5-14-11(16)7-20-10-4-3-8(12(13)17)6-9(10)15(18)19/h3-4,6H,2,5,7H2,1H3,(H2,13,17)(H,14,16). The van der Waals surface area contributed by atoms with Crippen LogP contribution in [-0.4, -0.2) is 29.0 Å². The predicted molar refractivity (Wildman–Crippen MR) is 75.6 cm³/mol. The smallest absolute Gasteiger partial charge is 0.283 e. The van der Waals surface area contributed by atoms with Crippen LogP contribution in [0.4, 0.5) is 5.69 Å². The van der Waals surface area contributed by atoms with Crippen LogP contribution in [0.25, 0.3) is 0 Å². The van der Waals surface area contributed by atoms with E-state index in [0.29, 0.717) is 11.4 Å². The molecule has 3 N–H and O–H groups in total. The highest BCUT2D eigenvalue weighted by molar-refractivity contribution is 8.00. The molecular weight excluding hydrogens is 282 g/mol. The lowest BCUT2D eigenvalue weighted by Crippen LogP contribution is -2.25. The summed E-state index contributed by atoms with van der Waals surface area (Å²) in [5, 5.41) is 13.6. The van der Waals surface area contributed by atoms with Crippen LogP contribution in [0.3, 0.4) is 0 Å². The first-order valence-corrected chi connectivity index (χ1v) is 6.92. The third kappa shape index (κ3) is 4.54. The summed E-state index contributed by atoms with van der Waals surface area (Å²) in [5.74, 6) is -0.841. The van der Waals surface area contributed by atoms with Gasteiger partial charge < -0.3 is 11.1 Å². The van der Waals surface area contributed by atoms with Gasteiger partial charge in [0.15, 0.2) is 0 Å². The van der Waals surface area contributed by atoms with Crippen molar-refractivity contribution >= 4 is 29.3 Å². The molecule has 8 heteroatoms. The number of benzene rings is 1. The Labute approximate surface area is 120 Å². The number of carbonyl (C=O) groups excluding carboxylic acids is 2. The van der Waals surface area contributed by atoms with Crippen LogP contribution in [0.2, 0.25) is 0 Å². The molecule has 0 aliphatic carbocycles. The van der Waals surface area contributed by atoms with Crippen molar-refractivity contribution in [3.05, 3.63) is 33.9 Å². The van der Waals surface area contributed by atoms with E-state index in [2.05, 4.69) is 5.32 Å². The molecule has 0 saturated heterocycles. The molecule has 0 saturated carbocycles. The highest BCUT2D eigenvalue weighted by atomic mass is 32.2. The zero-order chi connectivity index (χ0) is 15.1. The minimum absolute atomic E-state index is 0.0662. The molecule has 0 aliphatic rings. The molecule has 0 aromatic heterocycles. The Bertz CT molecular complexity index is 533. The monoisotopic (exact) mass is 297 g/mol. The number of hydrogen-bond acceptors (Lipinski definition) is 5. The second kappa shape index (κ2) is 7.49. The van der Waals surface area contributed by atoms with Gasteiger partial charge in [-0.1, -0.05) is 6.92 Å². The molecule has 1 aromatic rings. The molecule has 0 fully saturated rings. The third-order valence-corrected chi connectivity index (χ3v) is 3.43. The van der Waals surface area contributed by atoms with Crippen LogP contribution in [0.1, 0.15) is 23.7 Å². The number of rotatable bonds is 7. The van der Waals surface area contributed by atoms with E-state index in [9.17, 15) is 19.7 Å². The number of primary amides is 1. The molecule has 7 nitrogen and oxygen atoms in total. The minimum Gasteiger partial charge on any atom is -0.366 e. The van der Waals surface area contributed by atoms with Gasteiger partial charge in [0.1, 0.15) is 0 Å². The molecule has 1 aromatic carbocycles. The lowest BCUT2D eigenvalue weighted by molar-refractivity contribution is -0.387. The van der Waals surface area contributed by atoms with Gasteiger partial charge in [-0.15, -0.1) is 11.8 Å². The predicted octanol–water partition coefficient (Wildman–Crippen LogP) is 1.31. The third-order valence-electron chi connectivity index (χ3n) is 2.37. The molecule has 20 heavy (non-hydrogen) atoms. The Hall–Kier alpha value is -2.09. The van der Waals surface area contributed by atoms with E-state index in [1.54, 1.807) is 0 Å². The second-order valence-electron chi connectivity index (χ2n) is 3.94. The summed E-state index contributed by atoms with van der Waals surface area (Å²) in [4.78, 5) is 33.1. The van der Waals surface area contributed by atoms with Crippen LogP contribution in [0.5, 0.6) is 0 Å². The van der Waals surface area contributed by atoms with E-state index in [0.717, 1.165) is 24.2 Å². The van der Waals surface area contributed by atoms with E-state index in [1.807, 2.05) is 6.92 Å². The highest BCUT2D eigenvalue weighted by Crippen LogP contribution is 2.29. The maximum absolute atomic E-state index is 11.5. The van der Waals surface area contributed by atoms with Crippen LogP contribution < -0.4 is 11.1 Å². The van der Waals surface area contributed by atoms with Gasteiger partial charge in [0.25, 0.3) is 5.69 Å². The molecule has 108 valence electrons. The topological polar surface area (TPSA) is 115 Å². The van der Waals surface area contributed by atoms with Gasteiger partial charge in [-0.25, -0.2) is 0 Å². The Morgan fingerprint density at radius 1 is 1.45 bits per heavy atom. The summed E-state index contributed by atoms with van der Waals surface area (Å²) < 4.78 is 0. The summed E-state index contributed by atoms with van der Waals surface area (Å²) >= 11 is 1.05. The first-order chi connectivity index (χ1) is 9.45. The minimum atomic E-state index is -0.731. The van der Waals surface area contributed by atoms with Crippen molar-refractivity contribution in [3.8, 4) is 0 Å². The fraction of sp³-hybridized carbons (Fsp3) is 0.333. The Morgan fingerprint density at radius 2 is 2.15 bits per heavy atom. The normalized spacial score (nSPS) is 10.1. The largest absolute Gasteiger partial charge is 0.366 e. The number of nitro benzene ring substituents is 1. The van der Waals surface area contributed by atoms with Crippen LogP contribution in [0, 0.1) is 10.1 Å². The fourth-order valence-corrected chi connectivity index (χ4v) is 2.23. The Balaban J connectivity index is 2.81. The molecule has 0 heterocycles. The number of carbonyl (C=O) groups is 2. The first kappa shape index (κ1) is 16.0. The Kier molecular flexibility index (Phi) is 5.98. The molecule has 2 amide bonds. The van der Waals surface area contributed by atoms with E-state index in [-0.39, 0.29) is 22.9 Å². The van der Waals surface area contributed by atoms with Gasteiger partial charge in [-0.05, 0) is 18.6 Å². The van der Waals surface area contributed by atoms with Crippen molar-refractivity contribution < 1.29 is 14.5 Å². The van der Waals surface area contributed by atoms with Gasteiger partial charge in [0.2, 0.25) is 11.8 Å². The molecule has 0 unspecified atom stereocenters. The van der Waals surface area contributed by atoms with E-state index in [4.69, 9.17) is 5.73 Å². The summed E-state index contributed by atoms with van der Waals surface area (Å²) in [6, 6.07) is 3.95. The zero-order valence-electron chi connectivity index (χ0n) is 10.9. The number of nitrogens with two attached hydrogens (primary N) is 1. The Morgan fingerprint density at radius 3 is 2.70 bits per heavy atom. The van der Waals surface area contributed by atoms with Gasteiger partial charge in [-0.3, -0.25) is 19.7 Å². The van der Waals surface area contributed by atoms with E-state index in [1.165, 1.54) is 12.1 Å². The zero-order valence-corrected chi connectivity index (χ0v) is 11.7. The second-order valence-corrected chi connectivity index (χ2v) is 4.96. The lowest BCUT2D eigenvalue weighted by atomic mass is 10.2. The SMILES string of the molecule is CCCNC(=O)CSc1ccc(C(N)=O)cc1[N+](=O)[O-]. The number of nitrogens with zero attached hydrogens (tertiary/aromatic N) is 1. The van der Waals surface area contributed by atoms with Crippen molar-refractivity contribution in [2.75, 3.05) is 12.3 Å². The van der Waals surface area contributed by atoms with Crippen LogP contribution >= 0.6 is 11.8 Å². The van der Waals surface area contributed by atoms with Crippen molar-refractivity contribution in [3.63, 3.8) is 0 Å².